The lowest BCUT2D eigenvalue weighted by Crippen LogP contribution is -2.57. The molecule has 1 aliphatic heterocycles. The lowest BCUT2D eigenvalue weighted by Gasteiger charge is -2.41. The minimum absolute atomic E-state index is 0.0996. The van der Waals surface area contributed by atoms with Gasteiger partial charge in [0.1, 0.15) is 29.0 Å². The number of rotatable bonds is 5. The quantitative estimate of drug-likeness (QED) is 0.629. The topological polar surface area (TPSA) is 64.7 Å². The third kappa shape index (κ3) is 2.99. The molecular weight excluding hydrogens is 356 g/mol. The molecule has 6 heteroatoms. The smallest absolute Gasteiger partial charge is 0.271 e. The van der Waals surface area contributed by atoms with E-state index in [2.05, 4.69) is 0 Å². The summed E-state index contributed by atoms with van der Waals surface area (Å²) in [4.78, 5) is 26.9. The molecule has 1 unspecified atom stereocenters. The van der Waals surface area contributed by atoms with Crippen LogP contribution in [-0.2, 0) is 17.9 Å². The van der Waals surface area contributed by atoms with E-state index in [1.807, 2.05) is 55.7 Å². The lowest BCUT2D eigenvalue weighted by molar-refractivity contribution is -0.118. The van der Waals surface area contributed by atoms with Gasteiger partial charge in [-0.05, 0) is 45.4 Å². The fourth-order valence-corrected chi connectivity index (χ4v) is 3.77. The summed E-state index contributed by atoms with van der Waals surface area (Å²) in [6, 6.07) is 11.3. The number of aromatic nitrogens is 1. The second-order valence-corrected chi connectivity index (χ2v) is 7.90. The fourth-order valence-electron chi connectivity index (χ4n) is 3.77. The van der Waals surface area contributed by atoms with Crippen molar-refractivity contribution in [3.05, 3.63) is 53.4 Å². The monoisotopic (exact) mass is 380 g/mol. The van der Waals surface area contributed by atoms with Crippen LogP contribution in [0.1, 0.15) is 42.6 Å². The first-order valence-corrected chi connectivity index (χ1v) is 9.44. The third-order valence-electron chi connectivity index (χ3n) is 5.16. The first kappa shape index (κ1) is 18.3. The van der Waals surface area contributed by atoms with Crippen molar-refractivity contribution in [2.24, 2.45) is 0 Å². The molecule has 0 N–H and O–H groups in total. The minimum atomic E-state index is -0.936. The van der Waals surface area contributed by atoms with E-state index in [9.17, 15) is 9.59 Å². The van der Waals surface area contributed by atoms with Crippen molar-refractivity contribution in [1.29, 1.82) is 0 Å². The summed E-state index contributed by atoms with van der Waals surface area (Å²) in [6.07, 6.45) is 0.964. The first-order chi connectivity index (χ1) is 13.3. The van der Waals surface area contributed by atoms with E-state index >= 15 is 0 Å². The Hall–Kier alpha value is -3.02. The number of carbonyl (C=O) groups is 2. The van der Waals surface area contributed by atoms with Gasteiger partial charge in [0.15, 0.2) is 5.58 Å². The van der Waals surface area contributed by atoms with Crippen molar-refractivity contribution in [2.75, 3.05) is 0 Å². The molecule has 1 aliphatic rings. The van der Waals surface area contributed by atoms with E-state index in [1.165, 1.54) is 0 Å². The normalized spacial score (nSPS) is 19.3. The molecule has 1 atom stereocenters. The second kappa shape index (κ2) is 6.55. The highest BCUT2D eigenvalue weighted by molar-refractivity contribution is 6.00. The van der Waals surface area contributed by atoms with Gasteiger partial charge in [-0.25, -0.2) is 0 Å². The SMILES string of the molecule is Cc1cc2c(cc3n2CC(C)(C=O)N(Cc2ccc(OC(C)C)cc2)C3=O)o1. The maximum atomic E-state index is 13.2. The molecule has 28 heavy (non-hydrogen) atoms. The van der Waals surface area contributed by atoms with Gasteiger partial charge in [0, 0.05) is 18.7 Å². The van der Waals surface area contributed by atoms with Crippen LogP contribution in [0.5, 0.6) is 5.75 Å². The molecule has 1 aromatic carbocycles. The predicted molar refractivity (Wildman–Crippen MR) is 105 cm³/mol. The average molecular weight is 380 g/mol. The highest BCUT2D eigenvalue weighted by atomic mass is 16.5. The summed E-state index contributed by atoms with van der Waals surface area (Å²) >= 11 is 0. The molecule has 0 saturated heterocycles. The number of aryl methyl sites for hydroxylation is 1. The predicted octanol–water partition coefficient (Wildman–Crippen LogP) is 3.94. The Balaban J connectivity index is 1.67. The number of ether oxygens (including phenoxy) is 1. The zero-order chi connectivity index (χ0) is 20.1. The lowest BCUT2D eigenvalue weighted by atomic mass is 9.97. The molecule has 3 heterocycles. The number of amides is 1. The highest BCUT2D eigenvalue weighted by Gasteiger charge is 2.42. The largest absolute Gasteiger partial charge is 0.491 e. The molecule has 0 aliphatic carbocycles. The summed E-state index contributed by atoms with van der Waals surface area (Å²) in [5.41, 5.74) is 2.08. The van der Waals surface area contributed by atoms with Crippen LogP contribution < -0.4 is 4.74 Å². The van der Waals surface area contributed by atoms with Gasteiger partial charge in [-0.15, -0.1) is 0 Å². The van der Waals surface area contributed by atoms with E-state index in [0.717, 1.165) is 28.9 Å². The number of aldehydes is 1. The van der Waals surface area contributed by atoms with Gasteiger partial charge in [0.25, 0.3) is 5.91 Å². The average Bonchev–Trinajstić information content (AvgIpc) is 3.16. The zero-order valence-electron chi connectivity index (χ0n) is 16.6. The van der Waals surface area contributed by atoms with Crippen molar-refractivity contribution in [3.8, 4) is 5.75 Å². The number of carbonyl (C=O) groups excluding carboxylic acids is 2. The molecule has 146 valence electrons. The second-order valence-electron chi connectivity index (χ2n) is 7.90. The molecule has 0 fully saturated rings. The van der Waals surface area contributed by atoms with Gasteiger partial charge in [0.2, 0.25) is 0 Å². The van der Waals surface area contributed by atoms with E-state index in [0.29, 0.717) is 24.4 Å². The maximum absolute atomic E-state index is 13.2. The Kier molecular flexibility index (Phi) is 4.29. The fraction of sp³-hybridized carbons (Fsp3) is 0.364. The van der Waals surface area contributed by atoms with E-state index in [4.69, 9.17) is 9.15 Å². The number of fused-ring (bicyclic) bond motifs is 3. The van der Waals surface area contributed by atoms with Crippen LogP contribution in [0.15, 0.2) is 40.8 Å². The third-order valence-corrected chi connectivity index (χ3v) is 5.16. The molecule has 4 rings (SSSR count). The molecule has 0 bridgehead atoms. The summed E-state index contributed by atoms with van der Waals surface area (Å²) in [5.74, 6) is 1.39. The summed E-state index contributed by atoms with van der Waals surface area (Å²) in [6.45, 7) is 8.37. The van der Waals surface area contributed by atoms with E-state index in [-0.39, 0.29) is 12.0 Å². The van der Waals surface area contributed by atoms with Crippen LogP contribution in [0, 0.1) is 6.92 Å². The summed E-state index contributed by atoms with van der Waals surface area (Å²) in [5, 5.41) is 0. The maximum Gasteiger partial charge on any atom is 0.271 e. The van der Waals surface area contributed by atoms with E-state index < -0.39 is 5.54 Å². The first-order valence-electron chi connectivity index (χ1n) is 9.44. The molecule has 2 aromatic heterocycles. The van der Waals surface area contributed by atoms with Gasteiger partial charge < -0.3 is 23.4 Å². The standard InChI is InChI=1S/C22H24N2O4/c1-14(2)27-17-7-5-16(6-8-17)11-24-21(26)19-10-20-18(9-15(3)28-20)23(19)12-22(24,4)13-25/h5-10,13-14H,11-12H2,1-4H3. The van der Waals surface area contributed by atoms with Crippen LogP contribution in [0.4, 0.5) is 0 Å². The van der Waals surface area contributed by atoms with Crippen LogP contribution >= 0.6 is 0 Å². The van der Waals surface area contributed by atoms with Gasteiger partial charge in [0.05, 0.1) is 18.2 Å². The summed E-state index contributed by atoms with van der Waals surface area (Å²) in [7, 11) is 0. The minimum Gasteiger partial charge on any atom is -0.491 e. The van der Waals surface area contributed by atoms with Crippen LogP contribution in [0.25, 0.3) is 11.1 Å². The Bertz CT molecular complexity index is 1040. The number of nitrogens with zero attached hydrogens (tertiary/aromatic N) is 2. The van der Waals surface area contributed by atoms with Crippen LogP contribution in [0.2, 0.25) is 0 Å². The van der Waals surface area contributed by atoms with Crippen LogP contribution in [0.3, 0.4) is 0 Å². The Morgan fingerprint density at radius 1 is 1.25 bits per heavy atom. The number of benzene rings is 1. The van der Waals surface area contributed by atoms with Crippen molar-refractivity contribution in [1.82, 2.24) is 9.47 Å². The summed E-state index contributed by atoms with van der Waals surface area (Å²) < 4.78 is 13.2. The Labute approximate surface area is 163 Å². The van der Waals surface area contributed by atoms with Gasteiger partial charge in [-0.3, -0.25) is 4.79 Å². The van der Waals surface area contributed by atoms with Crippen molar-refractivity contribution >= 4 is 23.3 Å². The number of hydrogen-bond donors (Lipinski definition) is 0. The Morgan fingerprint density at radius 2 is 1.96 bits per heavy atom. The van der Waals surface area contributed by atoms with Gasteiger partial charge in [-0.2, -0.15) is 0 Å². The molecular formula is C22H24N2O4. The van der Waals surface area contributed by atoms with Gasteiger partial charge in [-0.1, -0.05) is 12.1 Å². The number of hydrogen-bond acceptors (Lipinski definition) is 4. The zero-order valence-corrected chi connectivity index (χ0v) is 16.6. The van der Waals surface area contributed by atoms with Crippen LogP contribution in [-0.4, -0.2) is 33.3 Å². The molecule has 0 spiro atoms. The molecule has 0 radical (unpaired) electrons. The highest BCUT2D eigenvalue weighted by Crippen LogP contribution is 2.33. The van der Waals surface area contributed by atoms with Crippen molar-refractivity contribution in [2.45, 2.75) is 52.4 Å². The number of furan rings is 1. The van der Waals surface area contributed by atoms with Crippen molar-refractivity contribution in [3.63, 3.8) is 0 Å². The Morgan fingerprint density at radius 3 is 2.61 bits per heavy atom. The van der Waals surface area contributed by atoms with Crippen molar-refractivity contribution < 1.29 is 18.7 Å². The molecule has 6 nitrogen and oxygen atoms in total. The molecule has 0 saturated carbocycles. The van der Waals surface area contributed by atoms with Gasteiger partial charge >= 0.3 is 0 Å². The van der Waals surface area contributed by atoms with E-state index in [1.54, 1.807) is 17.9 Å². The molecule has 1 amide bonds. The molecule has 3 aromatic rings.